The van der Waals surface area contributed by atoms with Gasteiger partial charge in [-0.3, -0.25) is 19.3 Å². The fourth-order valence-corrected chi connectivity index (χ4v) is 3.48. The van der Waals surface area contributed by atoms with Gasteiger partial charge in [0.15, 0.2) is 0 Å². The second-order valence-corrected chi connectivity index (χ2v) is 8.10. The van der Waals surface area contributed by atoms with Gasteiger partial charge in [0.05, 0.1) is 6.54 Å². The van der Waals surface area contributed by atoms with Crippen LogP contribution in [0.1, 0.15) is 33.6 Å². The number of nitrogens with one attached hydrogen (secondary N) is 1. The molecule has 0 bridgehead atoms. The predicted octanol–water partition coefficient (Wildman–Crippen LogP) is 0.470. The highest BCUT2D eigenvalue weighted by Gasteiger charge is 2.40. The van der Waals surface area contributed by atoms with E-state index in [1.807, 2.05) is 25.7 Å². The summed E-state index contributed by atoms with van der Waals surface area (Å²) in [7, 11) is 0. The Labute approximate surface area is 156 Å². The summed E-state index contributed by atoms with van der Waals surface area (Å²) in [6, 6.07) is -0.329. The second kappa shape index (κ2) is 8.66. The number of carbonyl (C=O) groups is 3. The summed E-state index contributed by atoms with van der Waals surface area (Å²) < 4.78 is 0. The number of likely N-dealkylation sites (tertiary alicyclic amines) is 1. The Hall–Kier alpha value is -1.89. The standard InChI is InChI=1S/C19H32N4O3/c1-5-8-20-16(24)14-21-10-12-22(13-11-21)17(25)15-7-6-9-23(15)18(26)19(2,3)4/h5,15H,1,6-14H2,2-4H3,(H,20,24). The first-order valence-corrected chi connectivity index (χ1v) is 9.44. The smallest absolute Gasteiger partial charge is 0.245 e. The SMILES string of the molecule is C=CCNC(=O)CN1CCN(C(=O)C2CCCN2C(=O)C(C)(C)C)CC1. The molecule has 2 saturated heterocycles. The average Bonchev–Trinajstić information content (AvgIpc) is 3.08. The number of hydrogen-bond acceptors (Lipinski definition) is 4. The van der Waals surface area contributed by atoms with Crippen molar-refractivity contribution in [2.24, 2.45) is 5.41 Å². The van der Waals surface area contributed by atoms with Crippen molar-refractivity contribution in [3.63, 3.8) is 0 Å². The molecule has 2 fully saturated rings. The van der Waals surface area contributed by atoms with Crippen molar-refractivity contribution >= 4 is 17.7 Å². The highest BCUT2D eigenvalue weighted by Crippen LogP contribution is 2.26. The predicted molar refractivity (Wildman–Crippen MR) is 100 cm³/mol. The largest absolute Gasteiger partial charge is 0.352 e. The molecule has 146 valence electrons. The molecule has 2 aliphatic rings. The first kappa shape index (κ1) is 20.4. The highest BCUT2D eigenvalue weighted by atomic mass is 16.2. The van der Waals surface area contributed by atoms with E-state index in [1.54, 1.807) is 11.0 Å². The Morgan fingerprint density at radius 2 is 1.77 bits per heavy atom. The van der Waals surface area contributed by atoms with E-state index in [1.165, 1.54) is 0 Å². The Morgan fingerprint density at radius 3 is 2.35 bits per heavy atom. The Morgan fingerprint density at radius 1 is 1.12 bits per heavy atom. The van der Waals surface area contributed by atoms with Crippen LogP contribution < -0.4 is 5.32 Å². The zero-order valence-corrected chi connectivity index (χ0v) is 16.3. The number of nitrogens with zero attached hydrogens (tertiary/aromatic N) is 3. The minimum atomic E-state index is -0.472. The highest BCUT2D eigenvalue weighted by molar-refractivity contribution is 5.90. The van der Waals surface area contributed by atoms with Crippen molar-refractivity contribution in [1.29, 1.82) is 0 Å². The van der Waals surface area contributed by atoms with Crippen LogP contribution in [0.5, 0.6) is 0 Å². The molecule has 0 aromatic carbocycles. The lowest BCUT2D eigenvalue weighted by atomic mass is 9.94. The summed E-state index contributed by atoms with van der Waals surface area (Å²) in [5.74, 6) is 0.0733. The lowest BCUT2D eigenvalue weighted by Gasteiger charge is -2.38. The van der Waals surface area contributed by atoms with Crippen LogP contribution in [0, 0.1) is 5.41 Å². The molecule has 2 heterocycles. The molecular formula is C19H32N4O3. The normalized spacial score (nSPS) is 21.6. The fourth-order valence-electron chi connectivity index (χ4n) is 3.48. The molecule has 2 aliphatic heterocycles. The van der Waals surface area contributed by atoms with Crippen molar-refractivity contribution in [3.8, 4) is 0 Å². The average molecular weight is 364 g/mol. The Kier molecular flexibility index (Phi) is 6.81. The molecule has 1 unspecified atom stereocenters. The molecule has 0 spiro atoms. The minimum Gasteiger partial charge on any atom is -0.352 e. The van der Waals surface area contributed by atoms with Gasteiger partial charge < -0.3 is 15.1 Å². The number of carbonyl (C=O) groups excluding carboxylic acids is 3. The molecule has 2 rings (SSSR count). The van der Waals surface area contributed by atoms with Crippen LogP contribution in [-0.2, 0) is 14.4 Å². The minimum absolute atomic E-state index is 0.0255. The molecule has 26 heavy (non-hydrogen) atoms. The third-order valence-electron chi connectivity index (χ3n) is 4.94. The molecule has 7 nitrogen and oxygen atoms in total. The fraction of sp³-hybridized carbons (Fsp3) is 0.737. The molecule has 0 aromatic rings. The first-order chi connectivity index (χ1) is 12.2. The molecule has 7 heteroatoms. The Balaban J connectivity index is 1.86. The van der Waals surface area contributed by atoms with Crippen LogP contribution in [0.2, 0.25) is 0 Å². The molecule has 0 radical (unpaired) electrons. The number of hydrogen-bond donors (Lipinski definition) is 1. The maximum atomic E-state index is 12.9. The van der Waals surface area contributed by atoms with Gasteiger partial charge >= 0.3 is 0 Å². The van der Waals surface area contributed by atoms with Crippen LogP contribution in [0.15, 0.2) is 12.7 Å². The van der Waals surface area contributed by atoms with Crippen LogP contribution >= 0.6 is 0 Å². The maximum absolute atomic E-state index is 12.9. The van der Waals surface area contributed by atoms with E-state index in [0.29, 0.717) is 45.8 Å². The van der Waals surface area contributed by atoms with Gasteiger partial charge in [-0.15, -0.1) is 6.58 Å². The lowest BCUT2D eigenvalue weighted by Crippen LogP contribution is -2.56. The van der Waals surface area contributed by atoms with E-state index < -0.39 is 5.41 Å². The molecule has 1 N–H and O–H groups in total. The zero-order chi connectivity index (χ0) is 19.3. The van der Waals surface area contributed by atoms with Crippen LogP contribution in [0.25, 0.3) is 0 Å². The van der Waals surface area contributed by atoms with Crippen molar-refractivity contribution in [2.45, 2.75) is 39.7 Å². The summed E-state index contributed by atoms with van der Waals surface area (Å²) in [4.78, 5) is 43.0. The lowest BCUT2D eigenvalue weighted by molar-refractivity contribution is -0.149. The van der Waals surface area contributed by atoms with E-state index in [9.17, 15) is 14.4 Å². The molecule has 0 aliphatic carbocycles. The monoisotopic (exact) mass is 364 g/mol. The van der Waals surface area contributed by atoms with Crippen LogP contribution in [0.3, 0.4) is 0 Å². The molecular weight excluding hydrogens is 332 g/mol. The maximum Gasteiger partial charge on any atom is 0.245 e. The molecule has 1 atom stereocenters. The first-order valence-electron chi connectivity index (χ1n) is 9.44. The van der Waals surface area contributed by atoms with Gasteiger partial charge in [-0.25, -0.2) is 0 Å². The topological polar surface area (TPSA) is 73.0 Å². The van der Waals surface area contributed by atoms with Crippen molar-refractivity contribution in [3.05, 3.63) is 12.7 Å². The third kappa shape index (κ3) is 5.06. The van der Waals surface area contributed by atoms with Gasteiger partial charge in [-0.2, -0.15) is 0 Å². The van der Waals surface area contributed by atoms with Gasteiger partial charge in [-0.05, 0) is 12.8 Å². The van der Waals surface area contributed by atoms with E-state index in [2.05, 4.69) is 16.8 Å². The molecule has 0 aromatic heterocycles. The summed E-state index contributed by atoms with van der Waals surface area (Å²) in [6.45, 7) is 13.3. The second-order valence-electron chi connectivity index (χ2n) is 8.10. The van der Waals surface area contributed by atoms with Gasteiger partial charge in [-0.1, -0.05) is 26.8 Å². The quantitative estimate of drug-likeness (QED) is 0.720. The molecule has 0 saturated carbocycles. The summed E-state index contributed by atoms with van der Waals surface area (Å²) in [5, 5.41) is 2.77. The van der Waals surface area contributed by atoms with E-state index in [4.69, 9.17) is 0 Å². The van der Waals surface area contributed by atoms with E-state index in [0.717, 1.165) is 12.8 Å². The van der Waals surface area contributed by atoms with E-state index >= 15 is 0 Å². The summed E-state index contributed by atoms with van der Waals surface area (Å²) in [5.41, 5.74) is -0.472. The van der Waals surface area contributed by atoms with Crippen LogP contribution in [-0.4, -0.2) is 84.3 Å². The number of piperazine rings is 1. The number of amides is 3. The third-order valence-corrected chi connectivity index (χ3v) is 4.94. The van der Waals surface area contributed by atoms with Crippen LogP contribution in [0.4, 0.5) is 0 Å². The van der Waals surface area contributed by atoms with Gasteiger partial charge in [0, 0.05) is 44.7 Å². The van der Waals surface area contributed by atoms with Gasteiger partial charge in [0.1, 0.15) is 6.04 Å². The summed E-state index contributed by atoms with van der Waals surface area (Å²) >= 11 is 0. The summed E-state index contributed by atoms with van der Waals surface area (Å²) in [6.07, 6.45) is 3.27. The van der Waals surface area contributed by atoms with Crippen molar-refractivity contribution in [2.75, 3.05) is 45.8 Å². The van der Waals surface area contributed by atoms with Crippen molar-refractivity contribution < 1.29 is 14.4 Å². The Bertz CT molecular complexity index is 547. The van der Waals surface area contributed by atoms with Crippen molar-refractivity contribution in [1.82, 2.24) is 20.0 Å². The van der Waals surface area contributed by atoms with Gasteiger partial charge in [0.2, 0.25) is 17.7 Å². The zero-order valence-electron chi connectivity index (χ0n) is 16.3. The van der Waals surface area contributed by atoms with Gasteiger partial charge in [0.25, 0.3) is 0 Å². The number of rotatable bonds is 5. The van der Waals surface area contributed by atoms with E-state index in [-0.39, 0.29) is 23.8 Å². The molecule has 3 amide bonds.